The van der Waals surface area contributed by atoms with Crippen molar-refractivity contribution >= 4 is 46.7 Å². The molecule has 148 valence electrons. The van der Waals surface area contributed by atoms with E-state index in [2.05, 4.69) is 20.6 Å². The summed E-state index contributed by atoms with van der Waals surface area (Å²) in [5.74, 6) is -2.68. The lowest BCUT2D eigenvalue weighted by Gasteiger charge is -2.23. The van der Waals surface area contributed by atoms with Crippen LogP contribution < -0.4 is 16.2 Å². The van der Waals surface area contributed by atoms with Gasteiger partial charge in [-0.1, -0.05) is 23.4 Å². The Kier molecular flexibility index (Phi) is 5.39. The van der Waals surface area contributed by atoms with Crippen LogP contribution in [0.1, 0.15) is 23.5 Å². The quantitative estimate of drug-likeness (QED) is 0.510. The molecule has 1 atom stereocenters. The van der Waals surface area contributed by atoms with E-state index in [-0.39, 0.29) is 33.7 Å². The summed E-state index contributed by atoms with van der Waals surface area (Å²) in [6.45, 7) is 0. The SMILES string of the molecule is CSc1nc2c(c(=O)[nH]1)[C@H](C(=O)Nc1cc(C(F)(F)F)ccc1Cl)CC(=O)N2. The number of hydrogen-bond donors (Lipinski definition) is 3. The number of benzene rings is 1. The molecule has 1 aliphatic rings. The van der Waals surface area contributed by atoms with E-state index in [1.54, 1.807) is 6.26 Å². The van der Waals surface area contributed by atoms with Gasteiger partial charge in [-0.25, -0.2) is 4.98 Å². The fourth-order valence-corrected chi connectivity index (χ4v) is 3.23. The van der Waals surface area contributed by atoms with Crippen LogP contribution in [0.25, 0.3) is 0 Å². The van der Waals surface area contributed by atoms with Gasteiger partial charge in [0.25, 0.3) is 5.56 Å². The van der Waals surface area contributed by atoms with Gasteiger partial charge in [-0.2, -0.15) is 13.2 Å². The number of amides is 2. The molecule has 2 heterocycles. The Bertz CT molecular complexity index is 1030. The summed E-state index contributed by atoms with van der Waals surface area (Å²) < 4.78 is 38.7. The number of aromatic nitrogens is 2. The number of carbonyl (C=O) groups excluding carboxylic acids is 2. The summed E-state index contributed by atoms with van der Waals surface area (Å²) in [6, 6.07) is 2.46. The summed E-state index contributed by atoms with van der Waals surface area (Å²) in [5.41, 5.74) is -1.97. The van der Waals surface area contributed by atoms with Crippen molar-refractivity contribution in [1.82, 2.24) is 9.97 Å². The molecule has 0 radical (unpaired) electrons. The van der Waals surface area contributed by atoms with Crippen LogP contribution in [0.3, 0.4) is 0 Å². The molecule has 0 aliphatic carbocycles. The third-order valence-corrected chi connectivity index (χ3v) is 4.90. The minimum atomic E-state index is -4.63. The number of fused-ring (bicyclic) bond motifs is 1. The number of hydrogen-bond acceptors (Lipinski definition) is 5. The highest BCUT2D eigenvalue weighted by Gasteiger charge is 2.36. The van der Waals surface area contributed by atoms with Gasteiger partial charge in [0.05, 0.1) is 27.8 Å². The minimum Gasteiger partial charge on any atom is -0.324 e. The van der Waals surface area contributed by atoms with Crippen LogP contribution in [-0.2, 0) is 15.8 Å². The van der Waals surface area contributed by atoms with Crippen LogP contribution in [0.2, 0.25) is 5.02 Å². The number of thioether (sulfide) groups is 1. The first-order chi connectivity index (χ1) is 13.1. The first-order valence-corrected chi connectivity index (χ1v) is 9.36. The molecule has 12 heteroatoms. The number of nitrogens with zero attached hydrogens (tertiary/aromatic N) is 1. The van der Waals surface area contributed by atoms with Gasteiger partial charge in [0.15, 0.2) is 5.16 Å². The molecule has 1 aliphatic heterocycles. The fourth-order valence-electron chi connectivity index (χ4n) is 2.69. The van der Waals surface area contributed by atoms with Crippen LogP contribution in [0.4, 0.5) is 24.7 Å². The number of aromatic amines is 1. The van der Waals surface area contributed by atoms with Crippen molar-refractivity contribution in [2.45, 2.75) is 23.7 Å². The molecular weight excluding hydrogens is 421 g/mol. The van der Waals surface area contributed by atoms with E-state index in [4.69, 9.17) is 11.6 Å². The van der Waals surface area contributed by atoms with Gasteiger partial charge in [-0.3, -0.25) is 14.4 Å². The number of H-pyrrole nitrogens is 1. The zero-order valence-electron chi connectivity index (χ0n) is 14.1. The minimum absolute atomic E-state index is 0.0559. The number of anilines is 2. The predicted molar refractivity (Wildman–Crippen MR) is 97.7 cm³/mol. The van der Waals surface area contributed by atoms with Gasteiger partial charge in [0.1, 0.15) is 5.82 Å². The highest BCUT2D eigenvalue weighted by Crippen LogP contribution is 2.35. The molecule has 3 N–H and O–H groups in total. The average Bonchev–Trinajstić information content (AvgIpc) is 2.61. The summed E-state index contributed by atoms with van der Waals surface area (Å²) >= 11 is 7.02. The van der Waals surface area contributed by atoms with Crippen molar-refractivity contribution in [1.29, 1.82) is 0 Å². The summed E-state index contributed by atoms with van der Waals surface area (Å²) in [5, 5.41) is 4.82. The van der Waals surface area contributed by atoms with Gasteiger partial charge >= 0.3 is 6.18 Å². The Morgan fingerprint density at radius 3 is 2.71 bits per heavy atom. The predicted octanol–water partition coefficient (Wildman–Crippen LogP) is 3.23. The first-order valence-electron chi connectivity index (χ1n) is 7.76. The maximum Gasteiger partial charge on any atom is 0.416 e. The maximum atomic E-state index is 12.9. The lowest BCUT2D eigenvalue weighted by molar-refractivity contribution is -0.137. The molecule has 3 rings (SSSR count). The third-order valence-electron chi connectivity index (χ3n) is 3.99. The van der Waals surface area contributed by atoms with Crippen molar-refractivity contribution in [3.05, 3.63) is 44.7 Å². The van der Waals surface area contributed by atoms with E-state index in [0.717, 1.165) is 23.9 Å². The summed E-state index contributed by atoms with van der Waals surface area (Å²) in [7, 11) is 0. The Balaban J connectivity index is 1.97. The standard InChI is InChI=1S/C16H12ClF3N4O3S/c1-28-15-23-12-11(14(27)24-15)7(5-10(25)22-12)13(26)21-9-4-6(16(18,19)20)2-3-8(9)17/h2-4,7H,5H2,1H3,(H,21,26)(H2,22,23,24,25,27)/t7-/m1/s1. The molecule has 1 aromatic heterocycles. The van der Waals surface area contributed by atoms with E-state index < -0.39 is 35.0 Å². The van der Waals surface area contributed by atoms with Gasteiger partial charge in [-0.15, -0.1) is 0 Å². The molecule has 0 spiro atoms. The Morgan fingerprint density at radius 1 is 1.36 bits per heavy atom. The van der Waals surface area contributed by atoms with Crippen LogP contribution >= 0.6 is 23.4 Å². The van der Waals surface area contributed by atoms with Gasteiger partial charge in [0.2, 0.25) is 11.8 Å². The Morgan fingerprint density at radius 2 is 2.07 bits per heavy atom. The van der Waals surface area contributed by atoms with Crippen molar-refractivity contribution in [3.63, 3.8) is 0 Å². The highest BCUT2D eigenvalue weighted by molar-refractivity contribution is 7.98. The Labute approximate surface area is 165 Å². The number of halogens is 4. The molecule has 0 bridgehead atoms. The van der Waals surface area contributed by atoms with Gasteiger partial charge in [-0.05, 0) is 24.5 Å². The van der Waals surface area contributed by atoms with Crippen molar-refractivity contribution in [3.8, 4) is 0 Å². The molecule has 0 saturated carbocycles. The van der Waals surface area contributed by atoms with Crippen LogP contribution in [0.15, 0.2) is 28.2 Å². The highest BCUT2D eigenvalue weighted by atomic mass is 35.5. The largest absolute Gasteiger partial charge is 0.416 e. The summed E-state index contributed by atoms with van der Waals surface area (Å²) in [4.78, 5) is 43.5. The molecule has 1 aromatic carbocycles. The molecular formula is C16H12ClF3N4O3S. The number of alkyl halides is 3. The smallest absolute Gasteiger partial charge is 0.324 e. The third kappa shape index (κ3) is 3.99. The van der Waals surface area contributed by atoms with Crippen LogP contribution in [0, 0.1) is 0 Å². The van der Waals surface area contributed by atoms with Crippen molar-refractivity contribution in [2.75, 3.05) is 16.9 Å². The van der Waals surface area contributed by atoms with E-state index >= 15 is 0 Å². The number of carbonyl (C=O) groups is 2. The molecule has 28 heavy (non-hydrogen) atoms. The normalized spacial score (nSPS) is 16.3. The molecule has 0 fully saturated rings. The van der Waals surface area contributed by atoms with Crippen LogP contribution in [-0.4, -0.2) is 28.0 Å². The second-order valence-corrected chi connectivity index (χ2v) is 7.03. The van der Waals surface area contributed by atoms with E-state index in [0.29, 0.717) is 6.07 Å². The van der Waals surface area contributed by atoms with Crippen molar-refractivity contribution < 1.29 is 22.8 Å². The zero-order valence-corrected chi connectivity index (χ0v) is 15.7. The zero-order chi connectivity index (χ0) is 20.6. The lowest BCUT2D eigenvalue weighted by atomic mass is 9.92. The van der Waals surface area contributed by atoms with Gasteiger partial charge < -0.3 is 15.6 Å². The average molecular weight is 433 g/mol. The maximum absolute atomic E-state index is 12.9. The molecule has 0 saturated heterocycles. The van der Waals surface area contributed by atoms with E-state index in [1.165, 1.54) is 0 Å². The van der Waals surface area contributed by atoms with Crippen LogP contribution in [0.5, 0.6) is 0 Å². The number of rotatable bonds is 3. The lowest BCUT2D eigenvalue weighted by Crippen LogP contribution is -2.36. The molecule has 2 amide bonds. The van der Waals surface area contributed by atoms with Gasteiger partial charge in [0, 0.05) is 6.42 Å². The fraction of sp³-hybridized carbons (Fsp3) is 0.250. The molecule has 2 aromatic rings. The molecule has 7 nitrogen and oxygen atoms in total. The molecule has 0 unspecified atom stereocenters. The Hall–Kier alpha value is -2.53. The number of nitrogens with one attached hydrogen (secondary N) is 3. The monoisotopic (exact) mass is 432 g/mol. The summed E-state index contributed by atoms with van der Waals surface area (Å²) in [6.07, 6.45) is -3.33. The second kappa shape index (κ2) is 7.47. The topological polar surface area (TPSA) is 104 Å². The first kappa shape index (κ1) is 20.2. The van der Waals surface area contributed by atoms with E-state index in [9.17, 15) is 27.6 Å². The second-order valence-electron chi connectivity index (χ2n) is 5.82. The van der Waals surface area contributed by atoms with Crippen molar-refractivity contribution in [2.24, 2.45) is 0 Å². The van der Waals surface area contributed by atoms with E-state index in [1.807, 2.05) is 0 Å².